The second-order valence-corrected chi connectivity index (χ2v) is 6.00. The molecule has 0 bridgehead atoms. The number of benzene rings is 1. The molecule has 1 aliphatic rings. The highest BCUT2D eigenvalue weighted by molar-refractivity contribution is 5.88. The lowest BCUT2D eigenvalue weighted by atomic mass is 10.1. The van der Waals surface area contributed by atoms with Crippen molar-refractivity contribution < 1.29 is 9.59 Å². The average molecular weight is 343 g/mol. The number of tetrazole rings is 1. The number of amides is 2. The van der Waals surface area contributed by atoms with E-state index in [4.69, 9.17) is 5.73 Å². The van der Waals surface area contributed by atoms with E-state index in [1.807, 2.05) is 30.3 Å². The number of hydrogen-bond donors (Lipinski definition) is 2. The SMILES string of the molecule is CNC(=O)[C@@H]1C[C@H](N)CN1C(=O)CCn1nnc(-c2ccccc2)n1. The molecule has 0 spiro atoms. The maximum Gasteiger partial charge on any atom is 0.242 e. The number of nitrogens with zero attached hydrogens (tertiary/aromatic N) is 5. The molecule has 1 aromatic heterocycles. The molecule has 0 unspecified atom stereocenters. The Bertz CT molecular complexity index is 746. The van der Waals surface area contributed by atoms with Crippen LogP contribution in [0.5, 0.6) is 0 Å². The maximum absolute atomic E-state index is 12.5. The van der Waals surface area contributed by atoms with Gasteiger partial charge in [-0.3, -0.25) is 9.59 Å². The van der Waals surface area contributed by atoms with E-state index in [9.17, 15) is 9.59 Å². The summed E-state index contributed by atoms with van der Waals surface area (Å²) in [7, 11) is 1.55. The lowest BCUT2D eigenvalue weighted by Crippen LogP contribution is -2.45. The third-order valence-corrected chi connectivity index (χ3v) is 4.21. The van der Waals surface area contributed by atoms with Gasteiger partial charge in [-0.2, -0.15) is 4.80 Å². The minimum atomic E-state index is -0.504. The molecule has 3 rings (SSSR count). The summed E-state index contributed by atoms with van der Waals surface area (Å²) < 4.78 is 0. The van der Waals surface area contributed by atoms with E-state index in [1.165, 1.54) is 4.80 Å². The Morgan fingerprint density at radius 2 is 2.08 bits per heavy atom. The largest absolute Gasteiger partial charge is 0.357 e. The number of rotatable bonds is 5. The van der Waals surface area contributed by atoms with Gasteiger partial charge in [-0.05, 0) is 11.6 Å². The van der Waals surface area contributed by atoms with Gasteiger partial charge in [0.05, 0.1) is 6.54 Å². The Balaban J connectivity index is 1.61. The molecule has 1 saturated heterocycles. The van der Waals surface area contributed by atoms with Gasteiger partial charge in [0.25, 0.3) is 0 Å². The monoisotopic (exact) mass is 343 g/mol. The van der Waals surface area contributed by atoms with Gasteiger partial charge >= 0.3 is 0 Å². The predicted molar refractivity (Wildman–Crippen MR) is 90.0 cm³/mol. The Kier molecular flexibility index (Phi) is 5.03. The van der Waals surface area contributed by atoms with Gasteiger partial charge in [-0.15, -0.1) is 10.2 Å². The van der Waals surface area contributed by atoms with Gasteiger partial charge in [0.15, 0.2) is 0 Å². The zero-order valence-electron chi connectivity index (χ0n) is 14.0. The van der Waals surface area contributed by atoms with Crippen LogP contribution in [0.25, 0.3) is 11.4 Å². The van der Waals surface area contributed by atoms with Crippen LogP contribution in [0.1, 0.15) is 12.8 Å². The minimum absolute atomic E-state index is 0.139. The summed E-state index contributed by atoms with van der Waals surface area (Å²) in [5, 5.41) is 14.8. The Morgan fingerprint density at radius 1 is 1.32 bits per heavy atom. The number of likely N-dealkylation sites (tertiary alicyclic amines) is 1. The van der Waals surface area contributed by atoms with E-state index >= 15 is 0 Å². The van der Waals surface area contributed by atoms with Crippen LogP contribution in [0.15, 0.2) is 30.3 Å². The van der Waals surface area contributed by atoms with Crippen LogP contribution in [0, 0.1) is 0 Å². The van der Waals surface area contributed by atoms with E-state index in [1.54, 1.807) is 11.9 Å². The molecule has 132 valence electrons. The number of carbonyl (C=O) groups is 2. The van der Waals surface area contributed by atoms with Crippen LogP contribution in [0.2, 0.25) is 0 Å². The molecule has 25 heavy (non-hydrogen) atoms. The summed E-state index contributed by atoms with van der Waals surface area (Å²) in [6.45, 7) is 0.682. The Hall–Kier alpha value is -2.81. The fraction of sp³-hybridized carbons (Fsp3) is 0.438. The molecule has 1 fully saturated rings. The molecular formula is C16H21N7O2. The summed E-state index contributed by atoms with van der Waals surface area (Å²) in [5.74, 6) is 0.186. The van der Waals surface area contributed by atoms with Crippen molar-refractivity contribution in [2.75, 3.05) is 13.6 Å². The Labute approximate surface area is 145 Å². The summed E-state index contributed by atoms with van der Waals surface area (Å²) >= 11 is 0. The first-order valence-corrected chi connectivity index (χ1v) is 8.18. The number of aromatic nitrogens is 4. The Morgan fingerprint density at radius 3 is 2.80 bits per heavy atom. The summed E-state index contributed by atoms with van der Waals surface area (Å²) in [4.78, 5) is 27.3. The molecule has 0 radical (unpaired) electrons. The fourth-order valence-corrected chi connectivity index (χ4v) is 2.94. The second kappa shape index (κ2) is 7.39. The number of hydrogen-bond acceptors (Lipinski definition) is 6. The first kappa shape index (κ1) is 17.0. The van der Waals surface area contributed by atoms with Crippen molar-refractivity contribution in [2.45, 2.75) is 31.5 Å². The first-order valence-electron chi connectivity index (χ1n) is 8.18. The normalized spacial score (nSPS) is 19.8. The summed E-state index contributed by atoms with van der Waals surface area (Å²) in [6.07, 6.45) is 0.663. The van der Waals surface area contributed by atoms with Gasteiger partial charge in [-0.1, -0.05) is 30.3 Å². The minimum Gasteiger partial charge on any atom is -0.357 e. The maximum atomic E-state index is 12.5. The number of aryl methyl sites for hydroxylation is 1. The molecule has 1 aromatic carbocycles. The topological polar surface area (TPSA) is 119 Å². The second-order valence-electron chi connectivity index (χ2n) is 6.00. The zero-order chi connectivity index (χ0) is 17.8. The highest BCUT2D eigenvalue weighted by Gasteiger charge is 2.37. The third kappa shape index (κ3) is 3.82. The van der Waals surface area contributed by atoms with Crippen molar-refractivity contribution in [3.05, 3.63) is 30.3 Å². The van der Waals surface area contributed by atoms with Crippen molar-refractivity contribution in [3.8, 4) is 11.4 Å². The zero-order valence-corrected chi connectivity index (χ0v) is 14.0. The van der Waals surface area contributed by atoms with Crippen LogP contribution in [-0.4, -0.2) is 62.6 Å². The van der Waals surface area contributed by atoms with Crippen molar-refractivity contribution in [2.24, 2.45) is 5.73 Å². The lowest BCUT2D eigenvalue weighted by Gasteiger charge is -2.23. The van der Waals surface area contributed by atoms with Gasteiger partial charge in [0, 0.05) is 31.6 Å². The molecule has 2 atom stereocenters. The molecule has 3 N–H and O–H groups in total. The number of nitrogens with two attached hydrogens (primary N) is 1. The molecule has 9 nitrogen and oxygen atoms in total. The molecule has 0 aliphatic carbocycles. The van der Waals surface area contributed by atoms with Gasteiger partial charge in [0.1, 0.15) is 6.04 Å². The number of likely N-dealkylation sites (N-methyl/N-ethyl adjacent to an activating group) is 1. The van der Waals surface area contributed by atoms with Crippen LogP contribution in [-0.2, 0) is 16.1 Å². The van der Waals surface area contributed by atoms with E-state index in [2.05, 4.69) is 20.7 Å². The van der Waals surface area contributed by atoms with Gasteiger partial charge in [0.2, 0.25) is 17.6 Å². The number of nitrogens with one attached hydrogen (secondary N) is 1. The van der Waals surface area contributed by atoms with E-state index in [0.717, 1.165) is 5.56 Å². The molecule has 2 aromatic rings. The van der Waals surface area contributed by atoms with Crippen molar-refractivity contribution in [3.63, 3.8) is 0 Å². The number of carbonyl (C=O) groups excluding carboxylic acids is 2. The first-order chi connectivity index (χ1) is 12.1. The highest BCUT2D eigenvalue weighted by atomic mass is 16.2. The predicted octanol–water partition coefficient (Wildman–Crippen LogP) is -0.596. The molecular weight excluding hydrogens is 322 g/mol. The van der Waals surface area contributed by atoms with Gasteiger partial charge < -0.3 is 16.0 Å². The van der Waals surface area contributed by atoms with Crippen molar-refractivity contribution >= 4 is 11.8 Å². The van der Waals surface area contributed by atoms with E-state index < -0.39 is 6.04 Å². The fourth-order valence-electron chi connectivity index (χ4n) is 2.94. The van der Waals surface area contributed by atoms with Gasteiger partial charge in [-0.25, -0.2) is 0 Å². The summed E-state index contributed by atoms with van der Waals surface area (Å²) in [5.41, 5.74) is 6.77. The van der Waals surface area contributed by atoms with Crippen LogP contribution in [0.4, 0.5) is 0 Å². The summed E-state index contributed by atoms with van der Waals surface area (Å²) in [6, 6.07) is 8.81. The van der Waals surface area contributed by atoms with Crippen LogP contribution in [0.3, 0.4) is 0 Å². The van der Waals surface area contributed by atoms with Crippen LogP contribution < -0.4 is 11.1 Å². The molecule has 2 amide bonds. The smallest absolute Gasteiger partial charge is 0.242 e. The standard InChI is InChI=1S/C16H21N7O2/c1-18-16(25)13-9-12(17)10-22(13)14(24)7-8-23-20-15(19-21-23)11-5-3-2-4-6-11/h2-6,12-13H,7-10,17H2,1H3,(H,18,25)/t12-,13-/m0/s1. The van der Waals surface area contributed by atoms with E-state index in [0.29, 0.717) is 25.3 Å². The molecule has 0 saturated carbocycles. The lowest BCUT2D eigenvalue weighted by molar-refractivity contribution is -0.138. The van der Waals surface area contributed by atoms with Crippen molar-refractivity contribution in [1.29, 1.82) is 0 Å². The third-order valence-electron chi connectivity index (χ3n) is 4.21. The quantitative estimate of drug-likeness (QED) is 0.748. The molecule has 1 aliphatic heterocycles. The molecule has 2 heterocycles. The van der Waals surface area contributed by atoms with Crippen molar-refractivity contribution in [1.82, 2.24) is 30.4 Å². The van der Waals surface area contributed by atoms with Crippen LogP contribution >= 0.6 is 0 Å². The highest BCUT2D eigenvalue weighted by Crippen LogP contribution is 2.18. The van der Waals surface area contributed by atoms with E-state index in [-0.39, 0.29) is 24.3 Å². The molecule has 9 heteroatoms. The average Bonchev–Trinajstić information content (AvgIpc) is 3.26.